The van der Waals surface area contributed by atoms with Crippen LogP contribution in [0.2, 0.25) is 0 Å². The molecule has 0 aliphatic carbocycles. The molecule has 0 saturated heterocycles. The summed E-state index contributed by atoms with van der Waals surface area (Å²) in [7, 11) is 2.70. The molecule has 174 valence electrons. The van der Waals surface area contributed by atoms with Crippen LogP contribution in [0.15, 0.2) is 27.8 Å². The number of esters is 1. The number of hydrogen-bond donors (Lipinski definition) is 1. The topological polar surface area (TPSA) is 132 Å². The number of nitrogens with zero attached hydrogens (tertiary/aromatic N) is 2. The molecule has 0 saturated carbocycles. The van der Waals surface area contributed by atoms with Crippen molar-refractivity contribution in [3.05, 3.63) is 50.2 Å². The van der Waals surface area contributed by atoms with Crippen LogP contribution in [0.4, 0.5) is 5.82 Å². The molecule has 1 aromatic heterocycles. The third-order valence-electron chi connectivity index (χ3n) is 4.62. The van der Waals surface area contributed by atoms with Gasteiger partial charge >= 0.3 is 11.7 Å². The number of methoxy groups -OCH3 is 1. The summed E-state index contributed by atoms with van der Waals surface area (Å²) >= 11 is 0. The Morgan fingerprint density at radius 3 is 2.44 bits per heavy atom. The van der Waals surface area contributed by atoms with Crippen LogP contribution in [0.1, 0.15) is 47.9 Å². The van der Waals surface area contributed by atoms with E-state index in [1.165, 1.54) is 26.3 Å². The van der Waals surface area contributed by atoms with Crippen LogP contribution in [-0.4, -0.2) is 41.2 Å². The van der Waals surface area contributed by atoms with Crippen LogP contribution in [0.3, 0.4) is 0 Å². The number of nitrogens with two attached hydrogens (primary N) is 1. The lowest BCUT2D eigenvalue weighted by molar-refractivity contribution is 0.0473. The molecule has 1 aromatic carbocycles. The number of Topliss-reactive ketones (excluding diaryl/α,β-unsaturated/α-hetero) is 1. The molecule has 2 N–H and O–H groups in total. The predicted octanol–water partition coefficient (Wildman–Crippen LogP) is 1.62. The van der Waals surface area contributed by atoms with E-state index >= 15 is 0 Å². The van der Waals surface area contributed by atoms with Gasteiger partial charge in [-0.05, 0) is 30.5 Å². The third-order valence-corrected chi connectivity index (χ3v) is 4.62. The van der Waals surface area contributed by atoms with Crippen molar-refractivity contribution < 1.29 is 23.8 Å². The molecule has 0 fully saturated rings. The van der Waals surface area contributed by atoms with Gasteiger partial charge < -0.3 is 19.9 Å². The van der Waals surface area contributed by atoms with Crippen molar-refractivity contribution in [3.8, 4) is 11.5 Å². The summed E-state index contributed by atoms with van der Waals surface area (Å²) in [6.07, 6.45) is 0.573. The minimum absolute atomic E-state index is 0.142. The summed E-state index contributed by atoms with van der Waals surface area (Å²) in [6, 6.07) is 4.51. The third kappa shape index (κ3) is 5.37. The smallest absolute Gasteiger partial charge is 0.338 e. The van der Waals surface area contributed by atoms with Gasteiger partial charge in [0.05, 0.1) is 19.3 Å². The monoisotopic (exact) mass is 447 g/mol. The molecular formula is C22H29N3O7. The average Bonchev–Trinajstić information content (AvgIpc) is 2.77. The zero-order valence-electron chi connectivity index (χ0n) is 19.0. The Hall–Kier alpha value is -3.56. The van der Waals surface area contributed by atoms with E-state index in [1.54, 1.807) is 6.07 Å². The van der Waals surface area contributed by atoms with Gasteiger partial charge in [0, 0.05) is 13.6 Å². The van der Waals surface area contributed by atoms with Crippen LogP contribution < -0.4 is 26.5 Å². The van der Waals surface area contributed by atoms with E-state index < -0.39 is 29.6 Å². The van der Waals surface area contributed by atoms with E-state index in [9.17, 15) is 19.2 Å². The van der Waals surface area contributed by atoms with E-state index in [0.717, 1.165) is 9.13 Å². The zero-order chi connectivity index (χ0) is 24.0. The van der Waals surface area contributed by atoms with Gasteiger partial charge in [-0.3, -0.25) is 18.7 Å². The number of benzene rings is 1. The molecule has 2 rings (SSSR count). The van der Waals surface area contributed by atoms with E-state index in [4.69, 9.17) is 19.9 Å². The molecule has 10 nitrogen and oxygen atoms in total. The van der Waals surface area contributed by atoms with Crippen LogP contribution in [0.25, 0.3) is 0 Å². The lowest BCUT2D eigenvalue weighted by atomic mass is 10.2. The first kappa shape index (κ1) is 24.7. The van der Waals surface area contributed by atoms with Gasteiger partial charge in [0.2, 0.25) is 5.78 Å². The van der Waals surface area contributed by atoms with Crippen LogP contribution in [-0.2, 0) is 18.3 Å². The summed E-state index contributed by atoms with van der Waals surface area (Å²) < 4.78 is 18.0. The fraction of sp³-hybridized carbons (Fsp3) is 0.455. The van der Waals surface area contributed by atoms with Crippen molar-refractivity contribution in [1.29, 1.82) is 0 Å². The molecule has 2 aromatic rings. The first-order valence-corrected chi connectivity index (χ1v) is 10.2. The first-order chi connectivity index (χ1) is 15.1. The second kappa shape index (κ2) is 10.7. The molecular weight excluding hydrogens is 418 g/mol. The highest BCUT2D eigenvalue weighted by molar-refractivity contribution is 6.02. The molecule has 0 amide bonds. The number of carbonyl (C=O) groups is 2. The first-order valence-electron chi connectivity index (χ1n) is 10.2. The second-order valence-electron chi connectivity index (χ2n) is 7.63. The SMILES string of the molecule is CCCn1c(N)c(C(=O)COC(=O)c2ccc(OCC(C)C)c(OC)c2)c(=O)n(C)c1=O. The summed E-state index contributed by atoms with van der Waals surface area (Å²) in [6.45, 7) is 5.84. The molecule has 0 bridgehead atoms. The van der Waals surface area contributed by atoms with Crippen LogP contribution in [0.5, 0.6) is 11.5 Å². The fourth-order valence-electron chi connectivity index (χ4n) is 2.94. The molecule has 0 aliphatic rings. The summed E-state index contributed by atoms with van der Waals surface area (Å²) in [5.41, 5.74) is 4.22. The largest absolute Gasteiger partial charge is 0.493 e. The Morgan fingerprint density at radius 1 is 1.16 bits per heavy atom. The Labute approximate surface area is 185 Å². The summed E-state index contributed by atoms with van der Waals surface area (Å²) in [5, 5.41) is 0. The molecule has 1 heterocycles. The maximum absolute atomic E-state index is 12.6. The number of ether oxygens (including phenoxy) is 3. The number of aromatic nitrogens is 2. The second-order valence-corrected chi connectivity index (χ2v) is 7.63. The van der Waals surface area contributed by atoms with E-state index in [2.05, 4.69) is 0 Å². The van der Waals surface area contributed by atoms with Gasteiger partial charge in [0.1, 0.15) is 11.4 Å². The van der Waals surface area contributed by atoms with Gasteiger partial charge in [-0.15, -0.1) is 0 Å². The van der Waals surface area contributed by atoms with Gasteiger partial charge in [-0.25, -0.2) is 9.59 Å². The molecule has 0 aliphatic heterocycles. The minimum atomic E-state index is -0.839. The fourth-order valence-corrected chi connectivity index (χ4v) is 2.94. The zero-order valence-corrected chi connectivity index (χ0v) is 19.0. The maximum atomic E-state index is 12.6. The molecule has 0 spiro atoms. The normalized spacial score (nSPS) is 10.8. The van der Waals surface area contributed by atoms with Crippen molar-refractivity contribution >= 4 is 17.6 Å². The predicted molar refractivity (Wildman–Crippen MR) is 119 cm³/mol. The Kier molecular flexibility index (Phi) is 8.22. The molecule has 32 heavy (non-hydrogen) atoms. The lowest BCUT2D eigenvalue weighted by Gasteiger charge is -2.14. The highest BCUT2D eigenvalue weighted by atomic mass is 16.5. The average molecular weight is 447 g/mol. The van der Waals surface area contributed by atoms with Crippen LogP contribution >= 0.6 is 0 Å². The number of carbonyl (C=O) groups excluding carboxylic acids is 2. The van der Waals surface area contributed by atoms with E-state index in [-0.39, 0.29) is 23.5 Å². The van der Waals surface area contributed by atoms with Gasteiger partial charge in [0.15, 0.2) is 18.1 Å². The Balaban J connectivity index is 2.21. The molecule has 0 radical (unpaired) electrons. The van der Waals surface area contributed by atoms with Crippen molar-refractivity contribution in [2.45, 2.75) is 33.7 Å². The van der Waals surface area contributed by atoms with E-state index in [1.807, 2.05) is 20.8 Å². The van der Waals surface area contributed by atoms with Crippen molar-refractivity contribution in [2.24, 2.45) is 13.0 Å². The minimum Gasteiger partial charge on any atom is -0.493 e. The molecule has 0 unspecified atom stereocenters. The van der Waals surface area contributed by atoms with Crippen molar-refractivity contribution in [1.82, 2.24) is 9.13 Å². The van der Waals surface area contributed by atoms with Crippen molar-refractivity contribution in [2.75, 3.05) is 26.1 Å². The quantitative estimate of drug-likeness (QED) is 0.429. The number of rotatable bonds is 10. The van der Waals surface area contributed by atoms with Crippen LogP contribution in [0, 0.1) is 5.92 Å². The van der Waals surface area contributed by atoms with Gasteiger partial charge in [0.25, 0.3) is 5.56 Å². The lowest BCUT2D eigenvalue weighted by Crippen LogP contribution is -2.43. The highest BCUT2D eigenvalue weighted by Crippen LogP contribution is 2.28. The Morgan fingerprint density at radius 2 is 1.84 bits per heavy atom. The standard InChI is InChI=1S/C22H29N3O7/c1-6-9-25-19(23)18(20(27)24(4)22(25)29)15(26)12-32-21(28)14-7-8-16(17(10-14)30-5)31-11-13(2)3/h7-8,10,13H,6,9,11-12,23H2,1-5H3. The number of ketones is 1. The molecule has 0 atom stereocenters. The summed E-state index contributed by atoms with van der Waals surface area (Å²) in [4.78, 5) is 49.7. The van der Waals surface area contributed by atoms with Gasteiger partial charge in [-0.2, -0.15) is 0 Å². The summed E-state index contributed by atoms with van der Waals surface area (Å²) in [5.74, 6) is -0.703. The number of nitrogen functional groups attached to an aromatic ring is 1. The Bertz CT molecular complexity index is 1120. The van der Waals surface area contributed by atoms with E-state index in [0.29, 0.717) is 30.4 Å². The van der Waals surface area contributed by atoms with Gasteiger partial charge in [-0.1, -0.05) is 20.8 Å². The molecule has 10 heteroatoms. The highest BCUT2D eigenvalue weighted by Gasteiger charge is 2.23. The maximum Gasteiger partial charge on any atom is 0.338 e. The van der Waals surface area contributed by atoms with Crippen molar-refractivity contribution in [3.63, 3.8) is 0 Å². The number of hydrogen-bond acceptors (Lipinski definition) is 8. The number of anilines is 1.